The van der Waals surface area contributed by atoms with Gasteiger partial charge in [0.2, 0.25) is 5.52 Å². The number of fused-ring (bicyclic) bond motifs is 1. The zero-order chi connectivity index (χ0) is 8.39. The van der Waals surface area contributed by atoms with Crippen molar-refractivity contribution in [3.63, 3.8) is 0 Å². The standard InChI is InChI=1S/C11H10N.BrH/c1-2-10-6-5-9-12-8-4-3-7-11(10)12;/h2-9H,1H2;1H/q+1;/p-1. The Labute approximate surface area is 88.1 Å². The third-order valence-electron chi connectivity index (χ3n) is 1.93. The maximum Gasteiger partial charge on any atom is 0.217 e. The smallest absolute Gasteiger partial charge is 0.217 e. The van der Waals surface area contributed by atoms with Gasteiger partial charge in [-0.3, -0.25) is 0 Å². The number of pyridine rings is 2. The van der Waals surface area contributed by atoms with E-state index in [2.05, 4.69) is 23.1 Å². The minimum absolute atomic E-state index is 0. The first kappa shape index (κ1) is 9.93. The lowest BCUT2D eigenvalue weighted by atomic mass is 10.2. The summed E-state index contributed by atoms with van der Waals surface area (Å²) in [6, 6.07) is 10.2. The van der Waals surface area contributed by atoms with E-state index in [9.17, 15) is 0 Å². The molecule has 0 fully saturated rings. The van der Waals surface area contributed by atoms with Crippen molar-refractivity contribution in [1.29, 1.82) is 0 Å². The molecule has 66 valence electrons. The zero-order valence-corrected chi connectivity index (χ0v) is 8.74. The summed E-state index contributed by atoms with van der Waals surface area (Å²) in [5, 5.41) is 0. The van der Waals surface area contributed by atoms with Crippen LogP contribution in [0.3, 0.4) is 0 Å². The molecule has 0 N–H and O–H groups in total. The van der Waals surface area contributed by atoms with Gasteiger partial charge in [0.25, 0.3) is 0 Å². The summed E-state index contributed by atoms with van der Waals surface area (Å²) in [5.41, 5.74) is 2.35. The highest BCUT2D eigenvalue weighted by molar-refractivity contribution is 5.63. The maximum atomic E-state index is 3.77. The molecule has 0 aliphatic heterocycles. The van der Waals surface area contributed by atoms with Crippen LogP contribution in [-0.2, 0) is 0 Å². The Balaban J connectivity index is 0.000000845. The van der Waals surface area contributed by atoms with Crippen molar-refractivity contribution in [2.45, 2.75) is 0 Å². The van der Waals surface area contributed by atoms with Crippen LogP contribution in [0.2, 0.25) is 0 Å². The highest BCUT2D eigenvalue weighted by Gasteiger charge is 2.01. The third-order valence-corrected chi connectivity index (χ3v) is 1.93. The van der Waals surface area contributed by atoms with E-state index in [1.54, 1.807) is 0 Å². The van der Waals surface area contributed by atoms with Gasteiger partial charge >= 0.3 is 0 Å². The van der Waals surface area contributed by atoms with Crippen molar-refractivity contribution in [3.05, 3.63) is 54.9 Å². The Morgan fingerprint density at radius 3 is 2.62 bits per heavy atom. The number of hydrogen-bond donors (Lipinski definition) is 0. The molecule has 0 aliphatic carbocycles. The molecule has 2 aromatic heterocycles. The molecule has 0 saturated heterocycles. The van der Waals surface area contributed by atoms with E-state index < -0.39 is 0 Å². The molecule has 0 bridgehead atoms. The number of aromatic nitrogens is 1. The molecular formula is C11H10BrN. The fourth-order valence-corrected chi connectivity index (χ4v) is 1.33. The normalized spacial score (nSPS) is 9.23. The van der Waals surface area contributed by atoms with Crippen molar-refractivity contribution in [2.24, 2.45) is 0 Å². The summed E-state index contributed by atoms with van der Waals surface area (Å²) in [4.78, 5) is 0. The van der Waals surface area contributed by atoms with Crippen molar-refractivity contribution in [2.75, 3.05) is 0 Å². The van der Waals surface area contributed by atoms with E-state index in [0.29, 0.717) is 0 Å². The largest absolute Gasteiger partial charge is 1.00 e. The maximum absolute atomic E-state index is 3.77. The molecule has 0 amide bonds. The molecular weight excluding hydrogens is 226 g/mol. The zero-order valence-electron chi connectivity index (χ0n) is 7.15. The van der Waals surface area contributed by atoms with Crippen LogP contribution in [0, 0.1) is 0 Å². The van der Waals surface area contributed by atoms with E-state index >= 15 is 0 Å². The molecule has 0 saturated carbocycles. The van der Waals surface area contributed by atoms with Gasteiger partial charge in [0.1, 0.15) is 0 Å². The van der Waals surface area contributed by atoms with Gasteiger partial charge in [0.15, 0.2) is 12.4 Å². The summed E-state index contributed by atoms with van der Waals surface area (Å²) < 4.78 is 2.08. The molecule has 0 aromatic carbocycles. The summed E-state index contributed by atoms with van der Waals surface area (Å²) in [6.07, 6.45) is 5.93. The lowest BCUT2D eigenvalue weighted by Gasteiger charge is -1.92. The SMILES string of the molecule is C=Cc1ccc[n+]2ccccc12.[Br-]. The first-order valence-corrected chi connectivity index (χ1v) is 3.93. The average molecular weight is 236 g/mol. The van der Waals surface area contributed by atoms with Gasteiger partial charge in [-0.1, -0.05) is 12.7 Å². The molecule has 1 nitrogen and oxygen atoms in total. The number of halogens is 1. The summed E-state index contributed by atoms with van der Waals surface area (Å²) in [7, 11) is 0. The molecule has 2 rings (SSSR count). The minimum atomic E-state index is 0. The first-order chi connectivity index (χ1) is 5.92. The van der Waals surface area contributed by atoms with Gasteiger partial charge < -0.3 is 17.0 Å². The van der Waals surface area contributed by atoms with Crippen LogP contribution in [0.25, 0.3) is 11.6 Å². The fraction of sp³-hybridized carbons (Fsp3) is 0. The molecule has 2 aromatic rings. The lowest BCUT2D eigenvalue weighted by Crippen LogP contribution is -3.00. The van der Waals surface area contributed by atoms with Crippen LogP contribution in [-0.4, -0.2) is 0 Å². The Kier molecular flexibility index (Phi) is 3.20. The molecule has 0 unspecified atom stereocenters. The van der Waals surface area contributed by atoms with Crippen LogP contribution in [0.15, 0.2) is 49.3 Å². The van der Waals surface area contributed by atoms with E-state index in [4.69, 9.17) is 0 Å². The van der Waals surface area contributed by atoms with Crippen LogP contribution < -0.4 is 21.4 Å². The van der Waals surface area contributed by atoms with E-state index in [-0.39, 0.29) is 17.0 Å². The number of hydrogen-bond acceptors (Lipinski definition) is 0. The number of nitrogens with zero attached hydrogens (tertiary/aromatic N) is 1. The third kappa shape index (κ3) is 1.78. The van der Waals surface area contributed by atoms with Crippen molar-refractivity contribution in [1.82, 2.24) is 0 Å². The van der Waals surface area contributed by atoms with Crippen LogP contribution in [0.1, 0.15) is 5.56 Å². The quantitative estimate of drug-likeness (QED) is 0.563. The van der Waals surface area contributed by atoms with Crippen LogP contribution in [0.4, 0.5) is 0 Å². The molecule has 0 atom stereocenters. The Morgan fingerprint density at radius 1 is 1.08 bits per heavy atom. The van der Waals surface area contributed by atoms with Gasteiger partial charge in [-0.05, 0) is 12.1 Å². The summed E-state index contributed by atoms with van der Waals surface area (Å²) in [6.45, 7) is 3.77. The minimum Gasteiger partial charge on any atom is -1.00 e. The van der Waals surface area contributed by atoms with Gasteiger partial charge in [-0.15, -0.1) is 0 Å². The first-order valence-electron chi connectivity index (χ1n) is 3.93. The second-order valence-corrected chi connectivity index (χ2v) is 2.66. The molecule has 0 spiro atoms. The fourth-order valence-electron chi connectivity index (χ4n) is 1.33. The van der Waals surface area contributed by atoms with Crippen molar-refractivity contribution in [3.8, 4) is 0 Å². The molecule has 2 heterocycles. The predicted octanol–water partition coefficient (Wildman–Crippen LogP) is -0.928. The van der Waals surface area contributed by atoms with Gasteiger partial charge in [0, 0.05) is 23.8 Å². The Bertz CT molecular complexity index is 418. The highest BCUT2D eigenvalue weighted by Crippen LogP contribution is 2.05. The molecule has 0 aliphatic rings. The average Bonchev–Trinajstić information content (AvgIpc) is 2.17. The lowest BCUT2D eigenvalue weighted by molar-refractivity contribution is -0.512. The van der Waals surface area contributed by atoms with Gasteiger partial charge in [-0.25, -0.2) is 0 Å². The van der Waals surface area contributed by atoms with Crippen molar-refractivity contribution >= 4 is 11.6 Å². The Hall–Kier alpha value is -1.15. The second-order valence-electron chi connectivity index (χ2n) is 2.66. The predicted molar refractivity (Wildman–Crippen MR) is 49.7 cm³/mol. The highest BCUT2D eigenvalue weighted by atomic mass is 79.9. The van der Waals surface area contributed by atoms with E-state index in [0.717, 1.165) is 5.56 Å². The second kappa shape index (κ2) is 4.19. The molecule has 13 heavy (non-hydrogen) atoms. The van der Waals surface area contributed by atoms with E-state index in [1.807, 2.05) is 36.7 Å². The molecule has 0 radical (unpaired) electrons. The summed E-state index contributed by atoms with van der Waals surface area (Å²) in [5.74, 6) is 0. The Morgan fingerprint density at radius 2 is 1.85 bits per heavy atom. The van der Waals surface area contributed by atoms with Crippen LogP contribution >= 0.6 is 0 Å². The summed E-state index contributed by atoms with van der Waals surface area (Å²) >= 11 is 0. The van der Waals surface area contributed by atoms with Crippen molar-refractivity contribution < 1.29 is 21.4 Å². The van der Waals surface area contributed by atoms with Gasteiger partial charge in [-0.2, -0.15) is 4.40 Å². The monoisotopic (exact) mass is 235 g/mol. The number of rotatable bonds is 1. The topological polar surface area (TPSA) is 4.10 Å². The molecule has 2 heteroatoms. The van der Waals surface area contributed by atoms with Crippen LogP contribution in [0.5, 0.6) is 0 Å². The van der Waals surface area contributed by atoms with E-state index in [1.165, 1.54) is 5.52 Å². The van der Waals surface area contributed by atoms with Gasteiger partial charge in [0.05, 0.1) is 0 Å².